The molecule has 2 heterocycles. The molecule has 0 spiro atoms. The first-order chi connectivity index (χ1) is 14.9. The van der Waals surface area contributed by atoms with Gasteiger partial charge in [-0.2, -0.15) is 0 Å². The fourth-order valence-corrected chi connectivity index (χ4v) is 3.54. The summed E-state index contributed by atoms with van der Waals surface area (Å²) in [5.41, 5.74) is 6.14. The quantitative estimate of drug-likeness (QED) is 0.555. The summed E-state index contributed by atoms with van der Waals surface area (Å²) in [4.78, 5) is 26.2. The van der Waals surface area contributed by atoms with E-state index < -0.39 is 0 Å². The Hall–Kier alpha value is -3.29. The van der Waals surface area contributed by atoms with Crippen LogP contribution < -0.4 is 10.6 Å². The minimum atomic E-state index is -0.142. The number of hydrogen-bond donors (Lipinski definition) is 3. The van der Waals surface area contributed by atoms with Crippen molar-refractivity contribution >= 4 is 40.5 Å². The number of nitrogens with zero attached hydrogens (tertiary/aromatic N) is 3. The third-order valence-electron chi connectivity index (χ3n) is 4.88. The van der Waals surface area contributed by atoms with Crippen LogP contribution in [0.4, 0.5) is 17.3 Å². The minimum absolute atomic E-state index is 0.00380. The van der Waals surface area contributed by atoms with E-state index in [0.717, 1.165) is 28.1 Å². The number of aromatic nitrogens is 2. The molecule has 3 aromatic rings. The Labute approximate surface area is 185 Å². The number of amides is 1. The Morgan fingerprint density at radius 2 is 1.94 bits per heavy atom. The summed E-state index contributed by atoms with van der Waals surface area (Å²) in [6.45, 7) is 4.17. The molecule has 8 heteroatoms. The molecule has 1 aliphatic rings. The van der Waals surface area contributed by atoms with Gasteiger partial charge in [0.25, 0.3) is 0 Å². The maximum atomic E-state index is 12.5. The van der Waals surface area contributed by atoms with Gasteiger partial charge < -0.3 is 15.7 Å². The van der Waals surface area contributed by atoms with Gasteiger partial charge in [0.05, 0.1) is 35.8 Å². The van der Waals surface area contributed by atoms with Crippen LogP contribution in [0.25, 0.3) is 11.3 Å². The number of rotatable bonds is 5. The smallest absolute Gasteiger partial charge is 0.230 e. The maximum Gasteiger partial charge on any atom is 0.230 e. The Kier molecular flexibility index (Phi) is 5.97. The molecule has 0 atom stereocenters. The second-order valence-corrected chi connectivity index (χ2v) is 7.76. The van der Waals surface area contributed by atoms with Gasteiger partial charge in [0.15, 0.2) is 0 Å². The first-order valence-electron chi connectivity index (χ1n) is 9.92. The molecule has 0 unspecified atom stereocenters. The van der Waals surface area contributed by atoms with Gasteiger partial charge in [0, 0.05) is 22.8 Å². The number of aliphatic imine (C=N–C) groups is 1. The minimum Gasteiger partial charge on any atom is -0.395 e. The largest absolute Gasteiger partial charge is 0.395 e. The third kappa shape index (κ3) is 4.73. The number of carbonyl (C=O) groups excluding carboxylic acids is 1. The third-order valence-corrected chi connectivity index (χ3v) is 5.28. The predicted molar refractivity (Wildman–Crippen MR) is 123 cm³/mol. The van der Waals surface area contributed by atoms with Crippen LogP contribution in [0.1, 0.15) is 23.2 Å². The van der Waals surface area contributed by atoms with Crippen molar-refractivity contribution in [1.82, 2.24) is 9.97 Å². The van der Waals surface area contributed by atoms with Gasteiger partial charge in [-0.05, 0) is 49.2 Å². The van der Waals surface area contributed by atoms with E-state index >= 15 is 0 Å². The molecule has 0 bridgehead atoms. The second-order valence-electron chi connectivity index (χ2n) is 7.35. The van der Waals surface area contributed by atoms with Crippen molar-refractivity contribution in [3.8, 4) is 11.3 Å². The van der Waals surface area contributed by atoms with Gasteiger partial charge in [-0.3, -0.25) is 9.79 Å². The van der Waals surface area contributed by atoms with Crippen molar-refractivity contribution in [2.24, 2.45) is 4.99 Å². The number of halogens is 1. The average Bonchev–Trinajstić information content (AvgIpc) is 2.90. The van der Waals surface area contributed by atoms with Crippen LogP contribution in [-0.2, 0) is 4.79 Å². The molecule has 0 aliphatic carbocycles. The number of hydrogen-bond acceptors (Lipinski definition) is 6. The summed E-state index contributed by atoms with van der Waals surface area (Å²) in [6.07, 6.45) is 0.154. The molecule has 3 N–H and O–H groups in total. The summed E-state index contributed by atoms with van der Waals surface area (Å²) in [5, 5.41) is 15.5. The SMILES string of the molecule is Cc1cc(-c2cccc(C3=Nc4cc(C)c(Cl)cc4NC(=O)C3)c2)nc(NCCO)n1. The lowest BCUT2D eigenvalue weighted by molar-refractivity contribution is -0.115. The number of aryl methyl sites for hydroxylation is 2. The molecule has 0 saturated heterocycles. The van der Waals surface area contributed by atoms with E-state index in [9.17, 15) is 4.79 Å². The van der Waals surface area contributed by atoms with E-state index in [1.165, 1.54) is 0 Å². The zero-order valence-electron chi connectivity index (χ0n) is 17.2. The number of aliphatic hydroxyl groups is 1. The zero-order chi connectivity index (χ0) is 22.0. The summed E-state index contributed by atoms with van der Waals surface area (Å²) in [5.74, 6) is 0.318. The highest BCUT2D eigenvalue weighted by Crippen LogP contribution is 2.34. The van der Waals surface area contributed by atoms with Gasteiger partial charge in [0.1, 0.15) is 0 Å². The molecular formula is C23H22ClN5O2. The Balaban J connectivity index is 1.74. The van der Waals surface area contributed by atoms with Crippen molar-refractivity contribution in [2.75, 3.05) is 23.8 Å². The molecule has 0 fully saturated rings. The van der Waals surface area contributed by atoms with Crippen LogP contribution in [0.3, 0.4) is 0 Å². The lowest BCUT2D eigenvalue weighted by atomic mass is 10.0. The highest BCUT2D eigenvalue weighted by atomic mass is 35.5. The molecular weight excluding hydrogens is 414 g/mol. The number of carbonyl (C=O) groups is 1. The molecule has 7 nitrogen and oxygen atoms in total. The highest BCUT2D eigenvalue weighted by Gasteiger charge is 2.19. The number of aliphatic hydroxyl groups excluding tert-OH is 1. The summed E-state index contributed by atoms with van der Waals surface area (Å²) >= 11 is 6.22. The van der Waals surface area contributed by atoms with Gasteiger partial charge in [-0.15, -0.1) is 0 Å². The van der Waals surface area contributed by atoms with Crippen LogP contribution in [0.15, 0.2) is 47.5 Å². The summed E-state index contributed by atoms with van der Waals surface area (Å²) in [7, 11) is 0. The van der Waals surface area contributed by atoms with Crippen LogP contribution >= 0.6 is 11.6 Å². The van der Waals surface area contributed by atoms with Gasteiger partial charge in [-0.25, -0.2) is 9.97 Å². The molecule has 2 aromatic carbocycles. The molecule has 1 amide bonds. The number of benzene rings is 2. The van der Waals surface area contributed by atoms with E-state index in [1.54, 1.807) is 6.07 Å². The predicted octanol–water partition coefficient (Wildman–Crippen LogP) is 4.28. The molecule has 1 aromatic heterocycles. The molecule has 4 rings (SSSR count). The molecule has 0 saturated carbocycles. The molecule has 158 valence electrons. The second kappa shape index (κ2) is 8.83. The Morgan fingerprint density at radius 3 is 2.74 bits per heavy atom. The molecule has 1 aliphatic heterocycles. The van der Waals surface area contributed by atoms with E-state index in [0.29, 0.717) is 34.6 Å². The molecule has 0 radical (unpaired) electrons. The van der Waals surface area contributed by atoms with Crippen molar-refractivity contribution in [2.45, 2.75) is 20.3 Å². The van der Waals surface area contributed by atoms with E-state index in [-0.39, 0.29) is 18.9 Å². The lowest BCUT2D eigenvalue weighted by Gasteiger charge is -2.10. The first-order valence-corrected chi connectivity index (χ1v) is 10.3. The lowest BCUT2D eigenvalue weighted by Crippen LogP contribution is -2.15. The standard InChI is InChI=1S/C23H22ClN5O2/c1-13-8-20-21(11-17(13)24)28-22(31)12-19(27-20)16-5-3-4-15(10-16)18-9-14(2)26-23(29-18)25-6-7-30/h3-5,8-11,30H,6-7,12H2,1-2H3,(H,28,31)(H,25,26,29). The normalized spacial score (nSPS) is 13.2. The van der Waals surface area contributed by atoms with E-state index in [4.69, 9.17) is 21.7 Å². The van der Waals surface area contributed by atoms with E-state index in [1.807, 2.05) is 50.2 Å². The zero-order valence-corrected chi connectivity index (χ0v) is 18.0. The van der Waals surface area contributed by atoms with Crippen molar-refractivity contribution in [1.29, 1.82) is 0 Å². The fourth-order valence-electron chi connectivity index (χ4n) is 3.38. The van der Waals surface area contributed by atoms with Crippen LogP contribution in [0, 0.1) is 13.8 Å². The van der Waals surface area contributed by atoms with Gasteiger partial charge >= 0.3 is 0 Å². The van der Waals surface area contributed by atoms with Crippen LogP contribution in [0.2, 0.25) is 5.02 Å². The van der Waals surface area contributed by atoms with Crippen LogP contribution in [-0.4, -0.2) is 39.8 Å². The number of anilines is 2. The topological polar surface area (TPSA) is 99.5 Å². The number of fused-ring (bicyclic) bond motifs is 1. The Morgan fingerprint density at radius 1 is 1.13 bits per heavy atom. The van der Waals surface area contributed by atoms with Crippen molar-refractivity contribution in [3.05, 3.63) is 64.3 Å². The highest BCUT2D eigenvalue weighted by molar-refractivity contribution is 6.32. The Bertz CT molecular complexity index is 1190. The van der Waals surface area contributed by atoms with Crippen molar-refractivity contribution < 1.29 is 9.90 Å². The van der Waals surface area contributed by atoms with Crippen molar-refractivity contribution in [3.63, 3.8) is 0 Å². The van der Waals surface area contributed by atoms with Crippen LogP contribution in [0.5, 0.6) is 0 Å². The average molecular weight is 436 g/mol. The summed E-state index contributed by atoms with van der Waals surface area (Å²) in [6, 6.07) is 13.3. The van der Waals surface area contributed by atoms with Gasteiger partial charge in [-0.1, -0.05) is 29.8 Å². The first kappa shape index (κ1) is 21.0. The summed E-state index contributed by atoms with van der Waals surface area (Å²) < 4.78 is 0. The maximum absolute atomic E-state index is 12.5. The monoisotopic (exact) mass is 435 g/mol. The van der Waals surface area contributed by atoms with E-state index in [2.05, 4.69) is 20.6 Å². The number of nitrogens with one attached hydrogen (secondary N) is 2. The van der Waals surface area contributed by atoms with Gasteiger partial charge in [0.2, 0.25) is 11.9 Å². The fraction of sp³-hybridized carbons (Fsp3) is 0.217. The molecule has 31 heavy (non-hydrogen) atoms.